The Kier molecular flexibility index (Phi) is 5.96. The third kappa shape index (κ3) is 3.78. The summed E-state index contributed by atoms with van der Waals surface area (Å²) in [6.07, 6.45) is 3.10. The summed E-state index contributed by atoms with van der Waals surface area (Å²) >= 11 is 6.27. The Morgan fingerprint density at radius 3 is 2.42 bits per heavy atom. The van der Waals surface area contributed by atoms with Gasteiger partial charge in [-0.25, -0.2) is 4.39 Å². The Morgan fingerprint density at radius 1 is 1.10 bits per heavy atom. The molecule has 1 aromatic heterocycles. The lowest BCUT2D eigenvalue weighted by atomic mass is 10.1. The number of nitrogens with two attached hydrogens (primary N) is 1. The van der Waals surface area contributed by atoms with Gasteiger partial charge >= 0.3 is 0 Å². The maximum atomic E-state index is 14.6. The van der Waals surface area contributed by atoms with Crippen molar-refractivity contribution in [2.75, 3.05) is 37.9 Å². The highest BCUT2D eigenvalue weighted by Crippen LogP contribution is 2.38. The van der Waals surface area contributed by atoms with Gasteiger partial charge in [-0.15, -0.1) is 0 Å². The van der Waals surface area contributed by atoms with Crippen LogP contribution in [0.3, 0.4) is 0 Å². The largest absolute Gasteiger partial charge is 0.493 e. The van der Waals surface area contributed by atoms with Crippen molar-refractivity contribution in [1.29, 1.82) is 0 Å². The Balaban J connectivity index is 2.02. The molecular formula is C23H25ClFN3O3. The Labute approximate surface area is 184 Å². The second-order valence-corrected chi connectivity index (χ2v) is 8.03. The molecule has 0 amide bonds. The van der Waals surface area contributed by atoms with Crippen molar-refractivity contribution in [1.82, 2.24) is 4.57 Å². The van der Waals surface area contributed by atoms with Crippen LogP contribution < -0.4 is 25.7 Å². The second kappa shape index (κ2) is 8.67. The number of fused-ring (bicyclic) bond motifs is 1. The average Bonchev–Trinajstić information content (AvgIpc) is 2.78. The standard InChI is InChI=1S/C23H25ClFN3O3/c1-30-19-11-14-18(12-20(19)31-2)28(13-15-16(24)7-6-8-17(15)25)23(29)22(21(14)26)27-9-4-3-5-10-27/h6-8,11-12H,3-5,9-10,13,26H2,1-2H3. The van der Waals surface area contributed by atoms with Gasteiger partial charge < -0.3 is 24.7 Å². The fourth-order valence-corrected chi connectivity index (χ4v) is 4.43. The number of methoxy groups -OCH3 is 2. The van der Waals surface area contributed by atoms with Crippen LogP contribution in [-0.2, 0) is 6.54 Å². The first-order valence-electron chi connectivity index (χ1n) is 10.2. The second-order valence-electron chi connectivity index (χ2n) is 7.63. The van der Waals surface area contributed by atoms with E-state index in [2.05, 4.69) is 0 Å². The Hall–Kier alpha value is -2.93. The summed E-state index contributed by atoms with van der Waals surface area (Å²) in [5.41, 5.74) is 7.86. The quantitative estimate of drug-likeness (QED) is 0.629. The number of anilines is 2. The van der Waals surface area contributed by atoms with Crippen LogP contribution in [0.4, 0.5) is 15.8 Å². The summed E-state index contributed by atoms with van der Waals surface area (Å²) in [6.45, 7) is 1.47. The summed E-state index contributed by atoms with van der Waals surface area (Å²) in [5, 5.41) is 0.905. The molecule has 31 heavy (non-hydrogen) atoms. The van der Waals surface area contributed by atoms with Gasteiger partial charge in [0.1, 0.15) is 11.5 Å². The summed E-state index contributed by atoms with van der Waals surface area (Å²) in [7, 11) is 3.06. The maximum Gasteiger partial charge on any atom is 0.277 e. The van der Waals surface area contributed by atoms with E-state index >= 15 is 0 Å². The van der Waals surface area contributed by atoms with Crippen LogP contribution in [0.2, 0.25) is 5.02 Å². The van der Waals surface area contributed by atoms with Gasteiger partial charge in [-0.3, -0.25) is 4.79 Å². The predicted octanol–water partition coefficient (Wildman–Crippen LogP) is 4.43. The highest BCUT2D eigenvalue weighted by molar-refractivity contribution is 6.31. The summed E-state index contributed by atoms with van der Waals surface area (Å²) in [6, 6.07) is 7.94. The molecule has 8 heteroatoms. The lowest BCUT2D eigenvalue weighted by Crippen LogP contribution is -2.37. The average molecular weight is 446 g/mol. The number of halogens is 2. The zero-order valence-electron chi connectivity index (χ0n) is 17.6. The number of hydrogen-bond donors (Lipinski definition) is 1. The lowest BCUT2D eigenvalue weighted by Gasteiger charge is -2.30. The minimum atomic E-state index is -0.468. The van der Waals surface area contributed by atoms with Gasteiger partial charge in [-0.05, 0) is 37.5 Å². The fraction of sp³-hybridized carbons (Fsp3) is 0.348. The van der Waals surface area contributed by atoms with Crippen molar-refractivity contribution in [2.24, 2.45) is 0 Å². The third-order valence-corrected chi connectivity index (χ3v) is 6.19. The number of piperidine rings is 1. The van der Waals surface area contributed by atoms with Crippen LogP contribution in [0.15, 0.2) is 35.1 Å². The zero-order chi connectivity index (χ0) is 22.1. The van der Waals surface area contributed by atoms with E-state index in [4.69, 9.17) is 26.8 Å². The van der Waals surface area contributed by atoms with Crippen molar-refractivity contribution in [3.8, 4) is 11.5 Å². The molecule has 2 aromatic carbocycles. The number of rotatable bonds is 5. The molecule has 1 aliphatic heterocycles. The summed E-state index contributed by atoms with van der Waals surface area (Å²) in [5.74, 6) is 0.484. The van der Waals surface area contributed by atoms with Gasteiger partial charge in [-0.1, -0.05) is 17.7 Å². The lowest BCUT2D eigenvalue weighted by molar-refractivity contribution is 0.355. The molecule has 3 aromatic rings. The van der Waals surface area contributed by atoms with Crippen molar-refractivity contribution in [3.05, 3.63) is 57.1 Å². The van der Waals surface area contributed by atoms with Gasteiger partial charge in [0.2, 0.25) is 0 Å². The highest BCUT2D eigenvalue weighted by Gasteiger charge is 2.24. The number of benzene rings is 2. The third-order valence-electron chi connectivity index (χ3n) is 5.84. The first kappa shape index (κ1) is 21.3. The molecule has 164 valence electrons. The van der Waals surface area contributed by atoms with Crippen molar-refractivity contribution >= 4 is 33.9 Å². The van der Waals surface area contributed by atoms with E-state index in [0.29, 0.717) is 33.8 Å². The normalized spacial score (nSPS) is 14.1. The van der Waals surface area contributed by atoms with Crippen LogP contribution in [0, 0.1) is 5.82 Å². The van der Waals surface area contributed by atoms with Gasteiger partial charge in [0.05, 0.1) is 32.0 Å². The molecule has 0 spiro atoms. The molecule has 0 bridgehead atoms. The molecule has 0 aliphatic carbocycles. The number of aromatic nitrogens is 1. The van der Waals surface area contributed by atoms with Crippen LogP contribution in [0.1, 0.15) is 24.8 Å². The molecule has 0 atom stereocenters. The summed E-state index contributed by atoms with van der Waals surface area (Å²) in [4.78, 5) is 15.7. The van der Waals surface area contributed by atoms with Gasteiger partial charge in [-0.2, -0.15) is 0 Å². The van der Waals surface area contributed by atoms with Gasteiger partial charge in [0.25, 0.3) is 5.56 Å². The molecule has 0 radical (unpaired) electrons. The Morgan fingerprint density at radius 2 is 1.77 bits per heavy atom. The van der Waals surface area contributed by atoms with E-state index < -0.39 is 5.82 Å². The van der Waals surface area contributed by atoms with Crippen molar-refractivity contribution in [3.63, 3.8) is 0 Å². The van der Waals surface area contributed by atoms with E-state index in [9.17, 15) is 9.18 Å². The van der Waals surface area contributed by atoms with E-state index in [1.807, 2.05) is 4.90 Å². The minimum absolute atomic E-state index is 0.0303. The molecule has 0 unspecified atom stereocenters. The van der Waals surface area contributed by atoms with Crippen molar-refractivity contribution in [2.45, 2.75) is 25.8 Å². The monoisotopic (exact) mass is 445 g/mol. The van der Waals surface area contributed by atoms with Crippen LogP contribution in [0.5, 0.6) is 11.5 Å². The molecule has 6 nitrogen and oxygen atoms in total. The molecule has 1 saturated heterocycles. The molecule has 1 fully saturated rings. The van der Waals surface area contributed by atoms with Crippen LogP contribution in [0.25, 0.3) is 10.9 Å². The van der Waals surface area contributed by atoms with Crippen LogP contribution >= 0.6 is 11.6 Å². The first-order valence-corrected chi connectivity index (χ1v) is 10.6. The first-order chi connectivity index (χ1) is 15.0. The van der Waals surface area contributed by atoms with Crippen molar-refractivity contribution < 1.29 is 13.9 Å². The van der Waals surface area contributed by atoms with E-state index in [0.717, 1.165) is 32.4 Å². The van der Waals surface area contributed by atoms with Gasteiger partial charge in [0, 0.05) is 35.1 Å². The highest BCUT2D eigenvalue weighted by atomic mass is 35.5. The number of nitrogens with zero attached hydrogens (tertiary/aromatic N) is 2. The number of ether oxygens (including phenoxy) is 2. The maximum absolute atomic E-state index is 14.6. The molecule has 2 heterocycles. The minimum Gasteiger partial charge on any atom is -0.493 e. The number of pyridine rings is 1. The topological polar surface area (TPSA) is 69.7 Å². The number of hydrogen-bond acceptors (Lipinski definition) is 5. The number of nitrogen functional groups attached to an aromatic ring is 1. The molecule has 0 saturated carbocycles. The van der Waals surface area contributed by atoms with E-state index in [1.165, 1.54) is 23.8 Å². The zero-order valence-corrected chi connectivity index (χ0v) is 18.3. The summed E-state index contributed by atoms with van der Waals surface area (Å²) < 4.78 is 27.0. The van der Waals surface area contributed by atoms with E-state index in [-0.39, 0.29) is 22.7 Å². The molecule has 2 N–H and O–H groups in total. The fourth-order valence-electron chi connectivity index (χ4n) is 4.21. The molecular weight excluding hydrogens is 421 g/mol. The Bertz CT molecular complexity index is 1170. The molecule has 1 aliphatic rings. The SMILES string of the molecule is COc1cc2c(N)c(N3CCCCC3)c(=O)n(Cc3c(F)cccc3Cl)c2cc1OC. The molecule has 4 rings (SSSR count). The van der Waals surface area contributed by atoms with E-state index in [1.54, 1.807) is 25.3 Å². The predicted molar refractivity (Wildman–Crippen MR) is 122 cm³/mol. The van der Waals surface area contributed by atoms with Crippen LogP contribution in [-0.4, -0.2) is 31.9 Å². The smallest absolute Gasteiger partial charge is 0.277 e. The van der Waals surface area contributed by atoms with Gasteiger partial charge in [0.15, 0.2) is 11.5 Å².